The number of hydrogen-bond acceptors (Lipinski definition) is 4. The number of H-pyrrole nitrogens is 1. The summed E-state index contributed by atoms with van der Waals surface area (Å²) in [5.41, 5.74) is 1.01. The van der Waals surface area contributed by atoms with Crippen molar-refractivity contribution in [2.24, 2.45) is 0 Å². The molecule has 0 saturated carbocycles. The number of rotatable bonds is 7. The smallest absolute Gasteiger partial charge is 0.272 e. The molecule has 1 aromatic heterocycles. The normalized spacial score (nSPS) is 13.2. The van der Waals surface area contributed by atoms with Gasteiger partial charge in [0.15, 0.2) is 0 Å². The van der Waals surface area contributed by atoms with Gasteiger partial charge < -0.3 is 10.2 Å². The van der Waals surface area contributed by atoms with Crippen LogP contribution in [-0.2, 0) is 11.2 Å². The number of carbonyl (C=O) groups is 2. The van der Waals surface area contributed by atoms with Crippen LogP contribution < -0.4 is 10.9 Å². The maximum atomic E-state index is 14.3. The van der Waals surface area contributed by atoms with Crippen molar-refractivity contribution in [1.82, 2.24) is 20.4 Å². The third-order valence-corrected chi connectivity index (χ3v) is 5.21. The summed E-state index contributed by atoms with van der Waals surface area (Å²) in [7, 11) is 0. The second-order valence-electron chi connectivity index (χ2n) is 7.33. The third kappa shape index (κ3) is 4.53. The predicted molar refractivity (Wildman–Crippen MR) is 114 cm³/mol. The maximum absolute atomic E-state index is 14.3. The Morgan fingerprint density at radius 1 is 1.16 bits per heavy atom. The summed E-state index contributed by atoms with van der Waals surface area (Å²) >= 11 is 0. The molecular weight excluding hydrogens is 399 g/mol. The van der Waals surface area contributed by atoms with E-state index in [9.17, 15) is 18.8 Å². The van der Waals surface area contributed by atoms with Crippen LogP contribution >= 0.6 is 0 Å². The highest BCUT2D eigenvalue weighted by atomic mass is 19.1. The highest BCUT2D eigenvalue weighted by molar-refractivity contribution is 5.94. The van der Waals surface area contributed by atoms with Gasteiger partial charge in [-0.25, -0.2) is 9.49 Å². The lowest BCUT2D eigenvalue weighted by Gasteiger charge is -2.15. The fourth-order valence-electron chi connectivity index (χ4n) is 3.60. The van der Waals surface area contributed by atoms with Crippen LogP contribution in [0.4, 0.5) is 4.39 Å². The van der Waals surface area contributed by atoms with Crippen LogP contribution in [0, 0.1) is 5.82 Å². The van der Waals surface area contributed by atoms with Crippen molar-refractivity contribution < 1.29 is 14.0 Å². The summed E-state index contributed by atoms with van der Waals surface area (Å²) in [6.45, 7) is 1.44. The molecule has 4 rings (SSSR count). The van der Waals surface area contributed by atoms with E-state index in [4.69, 9.17) is 0 Å². The van der Waals surface area contributed by atoms with Gasteiger partial charge in [0.25, 0.3) is 11.5 Å². The molecule has 2 amide bonds. The fraction of sp³-hybridized carbons (Fsp3) is 0.217. The fourth-order valence-corrected chi connectivity index (χ4v) is 3.60. The number of nitrogens with zero attached hydrogens (tertiary/aromatic N) is 2. The van der Waals surface area contributed by atoms with Crippen LogP contribution in [0.3, 0.4) is 0 Å². The molecule has 0 radical (unpaired) electrons. The van der Waals surface area contributed by atoms with E-state index in [-0.39, 0.29) is 17.0 Å². The number of benzene rings is 2. The Bertz CT molecular complexity index is 1230. The predicted octanol–water partition coefficient (Wildman–Crippen LogP) is 2.17. The minimum atomic E-state index is -0.612. The zero-order chi connectivity index (χ0) is 21.8. The van der Waals surface area contributed by atoms with E-state index in [1.165, 1.54) is 18.2 Å². The van der Waals surface area contributed by atoms with Gasteiger partial charge in [0, 0.05) is 37.5 Å². The van der Waals surface area contributed by atoms with Gasteiger partial charge in [0.05, 0.1) is 16.6 Å². The lowest BCUT2D eigenvalue weighted by atomic mass is 10.0. The number of halogens is 1. The van der Waals surface area contributed by atoms with E-state index >= 15 is 0 Å². The maximum Gasteiger partial charge on any atom is 0.272 e. The van der Waals surface area contributed by atoms with Crippen LogP contribution in [0.15, 0.2) is 59.4 Å². The average molecular weight is 420 g/mol. The minimum absolute atomic E-state index is 0.0338. The van der Waals surface area contributed by atoms with Gasteiger partial charge in [0.2, 0.25) is 5.91 Å². The van der Waals surface area contributed by atoms with Gasteiger partial charge in [0.1, 0.15) is 5.82 Å². The first kappa shape index (κ1) is 20.5. The molecule has 2 N–H and O–H groups in total. The Balaban J connectivity index is 1.44. The number of aromatic nitrogens is 2. The molecule has 0 saturated heterocycles. The minimum Gasteiger partial charge on any atom is -0.352 e. The van der Waals surface area contributed by atoms with Crippen molar-refractivity contribution in [2.75, 3.05) is 19.6 Å². The Morgan fingerprint density at radius 3 is 2.74 bits per heavy atom. The molecule has 1 aliphatic rings. The number of aromatic amines is 1. The standard InChI is InChI=1S/C23H21FN4O3/c24-19-9-8-15(14-20-16-5-1-2-6-17(16)23(31)27-26-20)13-18(19)22(30)25-10-4-12-28-11-3-7-21(28)29/h1-3,5-9,13H,4,10-12,14H2,(H,25,30)(H,27,31). The van der Waals surface area contributed by atoms with E-state index in [0.29, 0.717) is 54.5 Å². The van der Waals surface area contributed by atoms with Gasteiger partial charge in [-0.2, -0.15) is 5.10 Å². The van der Waals surface area contributed by atoms with Crippen molar-refractivity contribution in [1.29, 1.82) is 0 Å². The summed E-state index contributed by atoms with van der Waals surface area (Å²) in [6.07, 6.45) is 4.23. The Morgan fingerprint density at radius 2 is 1.97 bits per heavy atom. The molecule has 0 aliphatic carbocycles. The molecular formula is C23H21FN4O3. The van der Waals surface area contributed by atoms with Crippen LogP contribution in [0.25, 0.3) is 10.8 Å². The van der Waals surface area contributed by atoms with Crippen molar-refractivity contribution in [2.45, 2.75) is 12.8 Å². The first-order valence-corrected chi connectivity index (χ1v) is 10.0. The quantitative estimate of drug-likeness (QED) is 0.573. The van der Waals surface area contributed by atoms with Gasteiger partial charge in [-0.1, -0.05) is 30.3 Å². The van der Waals surface area contributed by atoms with Crippen molar-refractivity contribution in [3.8, 4) is 0 Å². The van der Waals surface area contributed by atoms with Crippen LogP contribution in [0.2, 0.25) is 0 Å². The lowest BCUT2D eigenvalue weighted by Crippen LogP contribution is -2.31. The second kappa shape index (κ2) is 8.91. The number of fused-ring (bicyclic) bond motifs is 1. The zero-order valence-corrected chi connectivity index (χ0v) is 16.7. The highest BCUT2D eigenvalue weighted by Crippen LogP contribution is 2.18. The van der Waals surface area contributed by atoms with E-state index in [1.54, 1.807) is 29.2 Å². The first-order chi connectivity index (χ1) is 15.0. The van der Waals surface area contributed by atoms with Gasteiger partial charge >= 0.3 is 0 Å². The highest BCUT2D eigenvalue weighted by Gasteiger charge is 2.16. The molecule has 0 atom stereocenters. The molecule has 158 valence electrons. The van der Waals surface area contributed by atoms with E-state index < -0.39 is 11.7 Å². The molecule has 0 unspecified atom stereocenters. The van der Waals surface area contributed by atoms with Crippen LogP contribution in [0.1, 0.15) is 28.0 Å². The number of hydrogen-bond donors (Lipinski definition) is 2. The zero-order valence-electron chi connectivity index (χ0n) is 16.7. The summed E-state index contributed by atoms with van der Waals surface area (Å²) in [4.78, 5) is 37.6. The number of amides is 2. The molecule has 3 aromatic rings. The Labute approximate surface area is 177 Å². The summed E-state index contributed by atoms with van der Waals surface area (Å²) in [6, 6.07) is 11.5. The Hall–Kier alpha value is -3.81. The Kier molecular flexibility index (Phi) is 5.88. The van der Waals surface area contributed by atoms with Crippen molar-refractivity contribution in [3.05, 3.63) is 87.6 Å². The summed E-state index contributed by atoms with van der Waals surface area (Å²) in [5.74, 6) is -1.16. The van der Waals surface area contributed by atoms with Crippen LogP contribution in [-0.4, -0.2) is 46.5 Å². The molecule has 0 spiro atoms. The summed E-state index contributed by atoms with van der Waals surface area (Å²) < 4.78 is 14.3. The average Bonchev–Trinajstić information content (AvgIpc) is 3.19. The van der Waals surface area contributed by atoms with Crippen LogP contribution in [0.5, 0.6) is 0 Å². The third-order valence-electron chi connectivity index (χ3n) is 5.21. The molecule has 31 heavy (non-hydrogen) atoms. The van der Waals surface area contributed by atoms with Gasteiger partial charge in [-0.05, 0) is 30.2 Å². The molecule has 7 nitrogen and oxygen atoms in total. The summed E-state index contributed by atoms with van der Waals surface area (Å²) in [5, 5.41) is 10.6. The second-order valence-corrected chi connectivity index (χ2v) is 7.33. The first-order valence-electron chi connectivity index (χ1n) is 10.0. The SMILES string of the molecule is O=C(NCCCN1CC=CC1=O)c1cc(Cc2n[nH]c(=O)c3ccccc23)ccc1F. The molecule has 8 heteroatoms. The topological polar surface area (TPSA) is 95.2 Å². The number of carbonyl (C=O) groups excluding carboxylic acids is 2. The molecule has 2 heterocycles. The van der Waals surface area contributed by atoms with Gasteiger partial charge in [-0.3, -0.25) is 14.4 Å². The van der Waals surface area contributed by atoms with E-state index in [2.05, 4.69) is 15.5 Å². The van der Waals surface area contributed by atoms with Crippen molar-refractivity contribution >= 4 is 22.6 Å². The van der Waals surface area contributed by atoms with E-state index in [0.717, 1.165) is 0 Å². The van der Waals surface area contributed by atoms with E-state index in [1.807, 2.05) is 12.1 Å². The lowest BCUT2D eigenvalue weighted by molar-refractivity contribution is -0.124. The molecule has 1 aliphatic heterocycles. The monoisotopic (exact) mass is 420 g/mol. The molecule has 0 bridgehead atoms. The van der Waals surface area contributed by atoms with Crippen molar-refractivity contribution in [3.63, 3.8) is 0 Å². The molecule has 0 fully saturated rings. The molecule has 2 aromatic carbocycles. The number of nitrogens with one attached hydrogen (secondary N) is 2. The van der Waals surface area contributed by atoms with Gasteiger partial charge in [-0.15, -0.1) is 0 Å². The largest absolute Gasteiger partial charge is 0.352 e.